The fourth-order valence-electron chi connectivity index (χ4n) is 2.68. The van der Waals surface area contributed by atoms with Crippen molar-refractivity contribution < 1.29 is 29.4 Å². The average molecular weight is 359 g/mol. The molecule has 26 heavy (non-hydrogen) atoms. The SMILES string of the molecule is CCC(=O)N(OC(=O)c1c(CC)ccc2ccccc12)[C@@H](CO)C(=O)O. The Morgan fingerprint density at radius 3 is 2.38 bits per heavy atom. The van der Waals surface area contributed by atoms with Gasteiger partial charge in [-0.05, 0) is 22.8 Å². The molecule has 138 valence electrons. The Balaban J connectivity index is 2.48. The lowest BCUT2D eigenvalue weighted by atomic mass is 9.97. The first-order valence-corrected chi connectivity index (χ1v) is 8.33. The van der Waals surface area contributed by atoms with Crippen molar-refractivity contribution in [3.63, 3.8) is 0 Å². The van der Waals surface area contributed by atoms with Crippen LogP contribution in [0.2, 0.25) is 0 Å². The minimum Gasteiger partial charge on any atom is -0.480 e. The van der Waals surface area contributed by atoms with E-state index in [2.05, 4.69) is 0 Å². The van der Waals surface area contributed by atoms with Crippen molar-refractivity contribution in [1.82, 2.24) is 5.06 Å². The molecule has 7 heteroatoms. The molecule has 7 nitrogen and oxygen atoms in total. The van der Waals surface area contributed by atoms with Crippen LogP contribution in [0.4, 0.5) is 0 Å². The summed E-state index contributed by atoms with van der Waals surface area (Å²) >= 11 is 0. The minimum atomic E-state index is -1.66. The molecule has 0 spiro atoms. The topological polar surface area (TPSA) is 104 Å². The number of fused-ring (bicyclic) bond motifs is 1. The molecule has 0 aliphatic rings. The van der Waals surface area contributed by atoms with E-state index in [1.165, 1.54) is 6.92 Å². The Labute approximate surface area is 150 Å². The summed E-state index contributed by atoms with van der Waals surface area (Å²) in [5.41, 5.74) is 0.995. The average Bonchev–Trinajstić information content (AvgIpc) is 2.65. The van der Waals surface area contributed by atoms with Gasteiger partial charge >= 0.3 is 11.9 Å². The largest absolute Gasteiger partial charge is 0.480 e. The summed E-state index contributed by atoms with van der Waals surface area (Å²) in [5, 5.41) is 20.4. The van der Waals surface area contributed by atoms with Crippen LogP contribution >= 0.6 is 0 Å². The molecule has 1 atom stereocenters. The first-order valence-electron chi connectivity index (χ1n) is 8.33. The van der Waals surface area contributed by atoms with E-state index in [-0.39, 0.29) is 12.0 Å². The second-order valence-electron chi connectivity index (χ2n) is 5.66. The van der Waals surface area contributed by atoms with Crippen molar-refractivity contribution in [1.29, 1.82) is 0 Å². The van der Waals surface area contributed by atoms with Crippen LogP contribution in [0.25, 0.3) is 10.8 Å². The number of hydrogen-bond acceptors (Lipinski definition) is 5. The maximum Gasteiger partial charge on any atom is 0.364 e. The molecule has 0 fully saturated rings. The quantitative estimate of drug-likeness (QED) is 0.766. The van der Waals surface area contributed by atoms with Gasteiger partial charge in [-0.3, -0.25) is 4.79 Å². The number of carbonyl (C=O) groups is 3. The Morgan fingerprint density at radius 1 is 1.12 bits per heavy atom. The van der Waals surface area contributed by atoms with Gasteiger partial charge in [0.1, 0.15) is 0 Å². The minimum absolute atomic E-state index is 0.0762. The van der Waals surface area contributed by atoms with Crippen LogP contribution in [0, 0.1) is 0 Å². The summed E-state index contributed by atoms with van der Waals surface area (Å²) < 4.78 is 0. The molecule has 0 saturated carbocycles. The zero-order valence-corrected chi connectivity index (χ0v) is 14.6. The molecule has 0 unspecified atom stereocenters. The molecule has 2 aromatic carbocycles. The Morgan fingerprint density at radius 2 is 1.81 bits per heavy atom. The predicted molar refractivity (Wildman–Crippen MR) is 94.4 cm³/mol. The normalized spacial score (nSPS) is 11.8. The summed E-state index contributed by atoms with van der Waals surface area (Å²) in [6.07, 6.45) is 0.479. The van der Waals surface area contributed by atoms with Crippen molar-refractivity contribution in [2.45, 2.75) is 32.7 Å². The Hall–Kier alpha value is -2.93. The van der Waals surface area contributed by atoms with Crippen molar-refractivity contribution in [3.8, 4) is 0 Å². The molecule has 0 radical (unpaired) electrons. The number of rotatable bonds is 6. The highest BCUT2D eigenvalue weighted by atomic mass is 16.7. The number of aryl methyl sites for hydroxylation is 1. The van der Waals surface area contributed by atoms with E-state index in [1.807, 2.05) is 25.1 Å². The van der Waals surface area contributed by atoms with E-state index in [9.17, 15) is 24.6 Å². The van der Waals surface area contributed by atoms with E-state index >= 15 is 0 Å². The Kier molecular flexibility index (Phi) is 6.30. The monoisotopic (exact) mass is 359 g/mol. The summed E-state index contributed by atoms with van der Waals surface area (Å²) in [7, 11) is 0. The summed E-state index contributed by atoms with van der Waals surface area (Å²) in [6.45, 7) is 2.52. The van der Waals surface area contributed by atoms with Crippen LogP contribution in [-0.2, 0) is 20.8 Å². The number of aliphatic hydroxyl groups excluding tert-OH is 1. The molecule has 2 rings (SSSR count). The maximum absolute atomic E-state index is 12.8. The van der Waals surface area contributed by atoms with E-state index in [0.29, 0.717) is 22.4 Å². The molecule has 2 aromatic rings. The number of amides is 1. The Bertz CT molecular complexity index is 832. The van der Waals surface area contributed by atoms with Gasteiger partial charge in [-0.15, -0.1) is 0 Å². The molecule has 0 aliphatic carbocycles. The second kappa shape index (κ2) is 8.44. The highest BCUT2D eigenvalue weighted by molar-refractivity contribution is 6.06. The standard InChI is InChI=1S/C19H21NO6/c1-3-12-9-10-13-7-5-6-8-14(13)17(12)19(25)26-20(16(22)4-2)15(11-21)18(23)24/h5-10,15,21H,3-4,11H2,1-2H3,(H,23,24)/t15-/m0/s1. The third-order valence-electron chi connectivity index (χ3n) is 4.07. The van der Waals surface area contributed by atoms with E-state index in [4.69, 9.17) is 4.84 Å². The van der Waals surface area contributed by atoms with E-state index in [0.717, 1.165) is 5.39 Å². The van der Waals surface area contributed by atoms with Gasteiger partial charge in [-0.25, -0.2) is 9.59 Å². The van der Waals surface area contributed by atoms with Gasteiger partial charge in [0.15, 0.2) is 6.04 Å². The number of carboxylic acid groups (broad SMARTS) is 1. The first kappa shape index (κ1) is 19.4. The number of benzene rings is 2. The number of carbonyl (C=O) groups excluding carboxylic acids is 2. The molecule has 0 aromatic heterocycles. The van der Waals surface area contributed by atoms with Gasteiger partial charge in [0.25, 0.3) is 5.91 Å². The van der Waals surface area contributed by atoms with Crippen molar-refractivity contribution in [2.75, 3.05) is 6.61 Å². The fourth-order valence-corrected chi connectivity index (χ4v) is 2.68. The number of hydroxylamine groups is 2. The van der Waals surface area contributed by atoms with E-state index < -0.39 is 30.5 Å². The summed E-state index contributed by atoms with van der Waals surface area (Å²) in [5.74, 6) is -3.01. The number of hydrogen-bond donors (Lipinski definition) is 2. The third kappa shape index (κ3) is 3.83. The number of carboxylic acids is 1. The molecular weight excluding hydrogens is 338 g/mol. The van der Waals surface area contributed by atoms with Crippen LogP contribution < -0.4 is 0 Å². The predicted octanol–water partition coefficient (Wildman–Crippen LogP) is 2.16. The van der Waals surface area contributed by atoms with Crippen molar-refractivity contribution >= 4 is 28.6 Å². The smallest absolute Gasteiger partial charge is 0.364 e. The summed E-state index contributed by atoms with van der Waals surface area (Å²) in [6, 6.07) is 9.24. The number of nitrogens with zero attached hydrogens (tertiary/aromatic N) is 1. The highest BCUT2D eigenvalue weighted by Gasteiger charge is 2.33. The molecule has 0 aliphatic heterocycles. The third-order valence-corrected chi connectivity index (χ3v) is 4.07. The van der Waals surface area contributed by atoms with E-state index in [1.54, 1.807) is 18.2 Å². The molecule has 1 amide bonds. The van der Waals surface area contributed by atoms with Gasteiger partial charge in [0.05, 0.1) is 12.2 Å². The lowest BCUT2D eigenvalue weighted by Crippen LogP contribution is -2.48. The van der Waals surface area contributed by atoms with Gasteiger partial charge in [0.2, 0.25) is 0 Å². The molecule has 0 saturated heterocycles. The molecule has 0 bridgehead atoms. The van der Waals surface area contributed by atoms with Gasteiger partial charge in [-0.2, -0.15) is 5.06 Å². The van der Waals surface area contributed by atoms with Crippen LogP contribution in [0.5, 0.6) is 0 Å². The lowest BCUT2D eigenvalue weighted by molar-refractivity contribution is -0.190. The van der Waals surface area contributed by atoms with Crippen molar-refractivity contribution in [3.05, 3.63) is 47.5 Å². The second-order valence-corrected chi connectivity index (χ2v) is 5.66. The number of aliphatic carboxylic acids is 1. The lowest BCUT2D eigenvalue weighted by Gasteiger charge is -2.26. The summed E-state index contributed by atoms with van der Waals surface area (Å²) in [4.78, 5) is 41.4. The fraction of sp³-hybridized carbons (Fsp3) is 0.316. The van der Waals surface area contributed by atoms with Crippen LogP contribution in [0.3, 0.4) is 0 Å². The molecule has 0 heterocycles. The van der Waals surface area contributed by atoms with Crippen LogP contribution in [0.1, 0.15) is 36.2 Å². The maximum atomic E-state index is 12.8. The van der Waals surface area contributed by atoms with Gasteiger partial charge < -0.3 is 15.1 Å². The molecular formula is C19H21NO6. The first-order chi connectivity index (χ1) is 12.4. The van der Waals surface area contributed by atoms with Crippen molar-refractivity contribution in [2.24, 2.45) is 0 Å². The van der Waals surface area contributed by atoms with Crippen LogP contribution in [0.15, 0.2) is 36.4 Å². The number of aliphatic hydroxyl groups is 1. The zero-order valence-electron chi connectivity index (χ0n) is 14.6. The van der Waals surface area contributed by atoms with Crippen LogP contribution in [-0.4, -0.2) is 45.8 Å². The highest BCUT2D eigenvalue weighted by Crippen LogP contribution is 2.24. The zero-order chi connectivity index (χ0) is 19.3. The van der Waals surface area contributed by atoms with Gasteiger partial charge in [-0.1, -0.05) is 50.2 Å². The van der Waals surface area contributed by atoms with Gasteiger partial charge in [0, 0.05) is 6.42 Å². The molecule has 2 N–H and O–H groups in total.